The van der Waals surface area contributed by atoms with Gasteiger partial charge in [0.15, 0.2) is 16.7 Å². The van der Waals surface area contributed by atoms with Crippen molar-refractivity contribution in [2.45, 2.75) is 37.9 Å². The van der Waals surface area contributed by atoms with Crippen LogP contribution in [0.5, 0.6) is 0 Å². The third kappa shape index (κ3) is 3.38. The predicted octanol–water partition coefficient (Wildman–Crippen LogP) is 3.71. The molecule has 3 aromatic rings. The molecule has 1 aliphatic rings. The Balaban J connectivity index is 1.44. The molecule has 0 unspecified atom stereocenters. The van der Waals surface area contributed by atoms with Crippen LogP contribution >= 0.6 is 23.1 Å². The van der Waals surface area contributed by atoms with Gasteiger partial charge in [-0.2, -0.15) is 5.26 Å². The zero-order chi connectivity index (χ0) is 18.8. The topological polar surface area (TPSA) is 96.7 Å². The standard InChI is InChI=1S/C18H17N5O2S2/c1-2-23-16(13-6-4-8-25-13)21-22-18(23)26-10-15(24)20-17-12(9-19)11-5-3-7-14(11)27-17/h4,6,8H,2-3,5,7,10H2,1H3,(H,20,24). The van der Waals surface area contributed by atoms with Crippen LogP contribution in [0.3, 0.4) is 0 Å². The number of aryl methyl sites for hydroxylation is 1. The summed E-state index contributed by atoms with van der Waals surface area (Å²) in [6.45, 7) is 2.66. The fraction of sp³-hybridized carbons (Fsp3) is 0.333. The number of fused-ring (bicyclic) bond motifs is 1. The van der Waals surface area contributed by atoms with Gasteiger partial charge in [-0.25, -0.2) is 0 Å². The van der Waals surface area contributed by atoms with Crippen LogP contribution in [0.25, 0.3) is 11.6 Å². The van der Waals surface area contributed by atoms with Crippen molar-refractivity contribution >= 4 is 34.0 Å². The molecule has 9 heteroatoms. The molecule has 1 N–H and O–H groups in total. The molecule has 3 aromatic heterocycles. The van der Waals surface area contributed by atoms with Crippen molar-refractivity contribution in [3.8, 4) is 17.7 Å². The molecule has 0 atom stereocenters. The van der Waals surface area contributed by atoms with E-state index in [1.807, 2.05) is 17.6 Å². The van der Waals surface area contributed by atoms with E-state index in [9.17, 15) is 10.1 Å². The van der Waals surface area contributed by atoms with Crippen LogP contribution in [-0.4, -0.2) is 26.4 Å². The van der Waals surface area contributed by atoms with Crippen LogP contribution < -0.4 is 5.32 Å². The number of furan rings is 1. The molecule has 0 saturated carbocycles. The van der Waals surface area contributed by atoms with Crippen LogP contribution in [0, 0.1) is 11.3 Å². The Morgan fingerprint density at radius 1 is 1.48 bits per heavy atom. The summed E-state index contributed by atoms with van der Waals surface area (Å²) in [5.74, 6) is 1.34. The van der Waals surface area contributed by atoms with Crippen LogP contribution in [0.1, 0.15) is 29.3 Å². The van der Waals surface area contributed by atoms with Crippen molar-refractivity contribution in [1.29, 1.82) is 5.26 Å². The number of nitrogens with one attached hydrogen (secondary N) is 1. The highest BCUT2D eigenvalue weighted by Crippen LogP contribution is 2.38. The molecule has 4 rings (SSSR count). The molecule has 0 radical (unpaired) electrons. The minimum atomic E-state index is -0.151. The summed E-state index contributed by atoms with van der Waals surface area (Å²) in [5, 5.41) is 22.0. The van der Waals surface area contributed by atoms with Gasteiger partial charge in [-0.05, 0) is 43.9 Å². The molecule has 0 fully saturated rings. The average Bonchev–Trinajstić information content (AvgIpc) is 3.42. The lowest BCUT2D eigenvalue weighted by Gasteiger charge is -2.06. The number of rotatable bonds is 6. The molecule has 3 heterocycles. The molecule has 1 aliphatic carbocycles. The van der Waals surface area contributed by atoms with Gasteiger partial charge in [-0.3, -0.25) is 9.36 Å². The smallest absolute Gasteiger partial charge is 0.235 e. The molecule has 0 bridgehead atoms. The quantitative estimate of drug-likeness (QED) is 0.635. The minimum Gasteiger partial charge on any atom is -0.461 e. The molecule has 27 heavy (non-hydrogen) atoms. The predicted molar refractivity (Wildman–Crippen MR) is 104 cm³/mol. The van der Waals surface area contributed by atoms with E-state index < -0.39 is 0 Å². The molecule has 0 spiro atoms. The van der Waals surface area contributed by atoms with Gasteiger partial charge in [-0.15, -0.1) is 21.5 Å². The number of hydrogen-bond acceptors (Lipinski definition) is 7. The molecule has 1 amide bonds. The number of carbonyl (C=O) groups excluding carboxylic acids is 1. The average molecular weight is 400 g/mol. The van der Waals surface area contributed by atoms with Gasteiger partial charge < -0.3 is 9.73 Å². The Morgan fingerprint density at radius 2 is 2.37 bits per heavy atom. The van der Waals surface area contributed by atoms with Crippen molar-refractivity contribution in [3.05, 3.63) is 34.4 Å². The SMILES string of the molecule is CCn1c(SCC(=O)Nc2sc3c(c2C#N)CCC3)nnc1-c1ccco1. The largest absolute Gasteiger partial charge is 0.461 e. The third-order valence-corrected chi connectivity index (χ3v) is 6.57. The Kier molecular flexibility index (Phi) is 5.01. The number of nitriles is 1. The Labute approximate surface area is 164 Å². The normalized spacial score (nSPS) is 12.7. The number of hydrogen-bond donors (Lipinski definition) is 1. The van der Waals surface area contributed by atoms with Crippen molar-refractivity contribution in [2.24, 2.45) is 0 Å². The molecule has 138 valence electrons. The Morgan fingerprint density at radius 3 is 3.11 bits per heavy atom. The van der Waals surface area contributed by atoms with E-state index in [0.29, 0.717) is 33.9 Å². The van der Waals surface area contributed by atoms with E-state index in [-0.39, 0.29) is 11.7 Å². The lowest BCUT2D eigenvalue weighted by Crippen LogP contribution is -2.14. The second-order valence-corrected chi connectivity index (χ2v) is 8.09. The first-order valence-electron chi connectivity index (χ1n) is 8.65. The number of aromatic nitrogens is 3. The molecular weight excluding hydrogens is 382 g/mol. The van der Waals surface area contributed by atoms with E-state index in [4.69, 9.17) is 4.42 Å². The molecule has 7 nitrogen and oxygen atoms in total. The first-order valence-corrected chi connectivity index (χ1v) is 10.5. The van der Waals surface area contributed by atoms with Gasteiger partial charge in [0.1, 0.15) is 11.1 Å². The van der Waals surface area contributed by atoms with Crippen LogP contribution in [0.15, 0.2) is 28.0 Å². The van der Waals surface area contributed by atoms with Gasteiger partial charge in [0, 0.05) is 11.4 Å². The van der Waals surface area contributed by atoms with E-state index in [2.05, 4.69) is 21.6 Å². The second-order valence-electron chi connectivity index (χ2n) is 6.04. The maximum Gasteiger partial charge on any atom is 0.235 e. The zero-order valence-corrected chi connectivity index (χ0v) is 16.3. The maximum absolute atomic E-state index is 12.4. The summed E-state index contributed by atoms with van der Waals surface area (Å²) in [6, 6.07) is 5.88. The summed E-state index contributed by atoms with van der Waals surface area (Å²) >= 11 is 2.84. The van der Waals surface area contributed by atoms with Gasteiger partial charge in [0.2, 0.25) is 5.91 Å². The zero-order valence-electron chi connectivity index (χ0n) is 14.7. The summed E-state index contributed by atoms with van der Waals surface area (Å²) in [7, 11) is 0. The van der Waals surface area contributed by atoms with Crippen molar-refractivity contribution < 1.29 is 9.21 Å². The van der Waals surface area contributed by atoms with Crippen LogP contribution in [0.2, 0.25) is 0 Å². The highest BCUT2D eigenvalue weighted by Gasteiger charge is 2.23. The highest BCUT2D eigenvalue weighted by atomic mass is 32.2. The fourth-order valence-corrected chi connectivity index (χ4v) is 5.23. The monoisotopic (exact) mass is 399 g/mol. The highest BCUT2D eigenvalue weighted by molar-refractivity contribution is 7.99. The first-order chi connectivity index (χ1) is 13.2. The van der Waals surface area contributed by atoms with Gasteiger partial charge in [-0.1, -0.05) is 11.8 Å². The van der Waals surface area contributed by atoms with E-state index >= 15 is 0 Å². The van der Waals surface area contributed by atoms with Crippen molar-refractivity contribution in [2.75, 3.05) is 11.1 Å². The van der Waals surface area contributed by atoms with Crippen molar-refractivity contribution in [1.82, 2.24) is 14.8 Å². The molecular formula is C18H17N5O2S2. The van der Waals surface area contributed by atoms with E-state index in [1.54, 1.807) is 12.3 Å². The first kappa shape index (κ1) is 17.8. The second kappa shape index (κ2) is 7.58. The maximum atomic E-state index is 12.4. The summed E-state index contributed by atoms with van der Waals surface area (Å²) in [5.41, 5.74) is 1.74. The Bertz CT molecular complexity index is 1010. The lowest BCUT2D eigenvalue weighted by molar-refractivity contribution is -0.113. The molecule has 0 aromatic carbocycles. The van der Waals surface area contributed by atoms with Gasteiger partial charge >= 0.3 is 0 Å². The van der Waals surface area contributed by atoms with Crippen molar-refractivity contribution in [3.63, 3.8) is 0 Å². The Hall–Kier alpha value is -2.57. The number of nitrogens with zero attached hydrogens (tertiary/aromatic N) is 4. The molecule has 0 saturated heterocycles. The van der Waals surface area contributed by atoms with E-state index in [0.717, 1.165) is 24.8 Å². The summed E-state index contributed by atoms with van der Waals surface area (Å²) in [6.07, 6.45) is 4.60. The lowest BCUT2D eigenvalue weighted by atomic mass is 10.1. The van der Waals surface area contributed by atoms with E-state index in [1.165, 1.54) is 28.0 Å². The number of thiophene rings is 1. The van der Waals surface area contributed by atoms with Gasteiger partial charge in [0.05, 0.1) is 17.6 Å². The third-order valence-electron chi connectivity index (χ3n) is 4.39. The minimum absolute atomic E-state index is 0.151. The molecule has 0 aliphatic heterocycles. The van der Waals surface area contributed by atoms with Crippen LogP contribution in [-0.2, 0) is 24.2 Å². The van der Waals surface area contributed by atoms with Crippen LogP contribution in [0.4, 0.5) is 5.00 Å². The number of carbonyl (C=O) groups is 1. The number of amides is 1. The van der Waals surface area contributed by atoms with Gasteiger partial charge in [0.25, 0.3) is 0 Å². The summed E-state index contributed by atoms with van der Waals surface area (Å²) in [4.78, 5) is 13.6. The fourth-order valence-electron chi connectivity index (χ4n) is 3.17. The number of thioether (sulfide) groups is 1. The summed E-state index contributed by atoms with van der Waals surface area (Å²) < 4.78 is 7.31. The number of anilines is 1.